The molecule has 0 unspecified atom stereocenters. The number of hydrogen-bond acceptors (Lipinski definition) is 6. The molecule has 1 saturated carbocycles. The molecule has 0 saturated heterocycles. The van der Waals surface area contributed by atoms with Gasteiger partial charge in [-0.1, -0.05) is 17.8 Å². The van der Waals surface area contributed by atoms with Crippen LogP contribution in [0.25, 0.3) is 15.5 Å². The van der Waals surface area contributed by atoms with Crippen molar-refractivity contribution in [2.24, 2.45) is 0 Å². The largest absolute Gasteiger partial charge is 0.507 e. The maximum absolute atomic E-state index is 10.1. The second-order valence-corrected chi connectivity index (χ2v) is 6.13. The molecule has 108 valence electrons. The molecule has 4 rings (SSSR count). The fraction of sp³-hybridized carbons (Fsp3) is 0.357. The van der Waals surface area contributed by atoms with Crippen LogP contribution in [0.1, 0.15) is 31.0 Å². The lowest BCUT2D eigenvalue weighted by Gasteiger charge is -2.22. The second kappa shape index (κ2) is 4.70. The van der Waals surface area contributed by atoms with E-state index in [0.29, 0.717) is 17.2 Å². The first-order valence-corrected chi connectivity index (χ1v) is 7.67. The molecule has 1 aliphatic rings. The Balaban J connectivity index is 1.78. The topological polar surface area (TPSA) is 72.5 Å². The highest BCUT2D eigenvalue weighted by Crippen LogP contribution is 2.38. The molecule has 1 aliphatic carbocycles. The van der Waals surface area contributed by atoms with Crippen molar-refractivity contribution >= 4 is 16.3 Å². The molecule has 1 aromatic carbocycles. The van der Waals surface area contributed by atoms with Crippen molar-refractivity contribution in [3.05, 3.63) is 24.0 Å². The number of fused-ring (bicyclic) bond motifs is 1. The van der Waals surface area contributed by atoms with Crippen molar-refractivity contribution in [3.63, 3.8) is 0 Å². The van der Waals surface area contributed by atoms with E-state index in [1.165, 1.54) is 17.8 Å². The number of ether oxygens (including phenoxy) is 1. The van der Waals surface area contributed by atoms with Gasteiger partial charge in [-0.3, -0.25) is 0 Å². The Labute approximate surface area is 125 Å². The van der Waals surface area contributed by atoms with E-state index in [-0.39, 0.29) is 5.75 Å². The lowest BCUT2D eigenvalue weighted by molar-refractivity contribution is 0.395. The summed E-state index contributed by atoms with van der Waals surface area (Å²) in [6, 6.07) is 5.21. The summed E-state index contributed by atoms with van der Waals surface area (Å²) in [6.45, 7) is 0. The van der Waals surface area contributed by atoms with Gasteiger partial charge in [-0.15, -0.1) is 10.2 Å². The number of aromatic nitrogens is 4. The summed E-state index contributed by atoms with van der Waals surface area (Å²) in [7, 11) is 1.57. The van der Waals surface area contributed by atoms with Crippen molar-refractivity contribution in [1.29, 1.82) is 0 Å². The maximum atomic E-state index is 10.1. The van der Waals surface area contributed by atoms with E-state index in [0.717, 1.165) is 28.6 Å². The van der Waals surface area contributed by atoms with Crippen molar-refractivity contribution < 1.29 is 9.84 Å². The summed E-state index contributed by atoms with van der Waals surface area (Å²) < 4.78 is 6.91. The first-order chi connectivity index (χ1) is 10.3. The van der Waals surface area contributed by atoms with Crippen LogP contribution in [-0.2, 0) is 0 Å². The van der Waals surface area contributed by atoms with Gasteiger partial charge < -0.3 is 9.84 Å². The predicted octanol–water partition coefficient (Wildman–Crippen LogP) is 2.83. The number of hydrogen-bond donors (Lipinski definition) is 1. The molecule has 0 atom stereocenters. The molecule has 2 aromatic heterocycles. The Morgan fingerprint density at radius 2 is 2.19 bits per heavy atom. The Morgan fingerprint density at radius 3 is 2.86 bits per heavy atom. The third-order valence-corrected chi connectivity index (χ3v) is 4.85. The van der Waals surface area contributed by atoms with Crippen LogP contribution in [0.4, 0.5) is 0 Å². The quantitative estimate of drug-likeness (QED) is 0.805. The molecule has 0 amide bonds. The number of aromatic hydroxyl groups is 1. The summed E-state index contributed by atoms with van der Waals surface area (Å²) in [6.07, 6.45) is 3.55. The average Bonchev–Trinajstić information content (AvgIpc) is 2.98. The summed E-state index contributed by atoms with van der Waals surface area (Å²) in [5.74, 6) is 2.19. The van der Waals surface area contributed by atoms with Crippen LogP contribution in [0.3, 0.4) is 0 Å². The Morgan fingerprint density at radius 1 is 1.33 bits per heavy atom. The van der Waals surface area contributed by atoms with E-state index in [1.807, 2.05) is 16.6 Å². The van der Waals surface area contributed by atoms with Crippen molar-refractivity contribution in [2.45, 2.75) is 25.2 Å². The van der Waals surface area contributed by atoms with E-state index in [1.54, 1.807) is 13.2 Å². The zero-order valence-corrected chi connectivity index (χ0v) is 12.3. The molecule has 0 radical (unpaired) electrons. The van der Waals surface area contributed by atoms with Gasteiger partial charge in [0.15, 0.2) is 10.8 Å². The van der Waals surface area contributed by atoms with E-state index in [2.05, 4.69) is 15.3 Å². The highest BCUT2D eigenvalue weighted by atomic mass is 32.1. The number of phenols is 1. The number of benzene rings is 1. The van der Waals surface area contributed by atoms with Gasteiger partial charge in [-0.25, -0.2) is 0 Å². The van der Waals surface area contributed by atoms with Crippen molar-refractivity contribution in [3.8, 4) is 22.1 Å². The van der Waals surface area contributed by atoms with E-state index >= 15 is 0 Å². The number of rotatable bonds is 3. The zero-order chi connectivity index (χ0) is 14.4. The average molecular weight is 302 g/mol. The summed E-state index contributed by atoms with van der Waals surface area (Å²) in [4.78, 5) is 0.766. The minimum Gasteiger partial charge on any atom is -0.507 e. The lowest BCUT2D eigenvalue weighted by atomic mass is 9.85. The smallest absolute Gasteiger partial charge is 0.234 e. The highest BCUT2D eigenvalue weighted by molar-refractivity contribution is 7.19. The maximum Gasteiger partial charge on any atom is 0.234 e. The van der Waals surface area contributed by atoms with E-state index in [9.17, 15) is 5.11 Å². The van der Waals surface area contributed by atoms with Crippen LogP contribution in [0.15, 0.2) is 18.2 Å². The van der Waals surface area contributed by atoms with Gasteiger partial charge in [-0.2, -0.15) is 9.61 Å². The van der Waals surface area contributed by atoms with Crippen LogP contribution in [0.2, 0.25) is 0 Å². The van der Waals surface area contributed by atoms with Crippen molar-refractivity contribution in [2.75, 3.05) is 7.11 Å². The molecule has 0 aliphatic heterocycles. The van der Waals surface area contributed by atoms with Crippen LogP contribution in [-0.4, -0.2) is 32.0 Å². The lowest BCUT2D eigenvalue weighted by Crippen LogP contribution is -2.12. The zero-order valence-electron chi connectivity index (χ0n) is 11.5. The first-order valence-electron chi connectivity index (χ1n) is 6.86. The Bertz CT molecular complexity index is 807. The second-order valence-electron chi connectivity index (χ2n) is 5.17. The number of methoxy groups -OCH3 is 1. The molecule has 3 aromatic rings. The fourth-order valence-corrected chi connectivity index (χ4v) is 3.36. The summed E-state index contributed by atoms with van der Waals surface area (Å²) >= 11 is 1.43. The predicted molar refractivity (Wildman–Crippen MR) is 78.9 cm³/mol. The van der Waals surface area contributed by atoms with Gasteiger partial charge in [0.05, 0.1) is 12.7 Å². The molecule has 6 nitrogen and oxygen atoms in total. The Kier molecular flexibility index (Phi) is 2.81. The molecule has 1 N–H and O–H groups in total. The normalized spacial score (nSPS) is 15.3. The molecule has 7 heteroatoms. The van der Waals surface area contributed by atoms with Crippen LogP contribution in [0, 0.1) is 0 Å². The van der Waals surface area contributed by atoms with Gasteiger partial charge in [0.2, 0.25) is 4.96 Å². The molecule has 0 spiro atoms. The molecule has 21 heavy (non-hydrogen) atoms. The number of nitrogens with zero attached hydrogens (tertiary/aromatic N) is 4. The molecule has 1 fully saturated rings. The highest BCUT2D eigenvalue weighted by Gasteiger charge is 2.26. The van der Waals surface area contributed by atoms with Gasteiger partial charge >= 0.3 is 0 Å². The minimum absolute atomic E-state index is 0.157. The van der Waals surface area contributed by atoms with Crippen LogP contribution in [0.5, 0.6) is 11.5 Å². The Hall–Kier alpha value is -2.15. The van der Waals surface area contributed by atoms with Crippen molar-refractivity contribution in [1.82, 2.24) is 19.8 Å². The first kappa shape index (κ1) is 12.6. The van der Waals surface area contributed by atoms with Gasteiger partial charge in [0, 0.05) is 12.0 Å². The van der Waals surface area contributed by atoms with E-state index < -0.39 is 0 Å². The summed E-state index contributed by atoms with van der Waals surface area (Å²) in [5.41, 5.74) is 0.686. The van der Waals surface area contributed by atoms with E-state index in [4.69, 9.17) is 4.74 Å². The van der Waals surface area contributed by atoms with Crippen LogP contribution >= 0.6 is 11.3 Å². The molecular weight excluding hydrogens is 288 g/mol. The minimum atomic E-state index is 0.157. The summed E-state index contributed by atoms with van der Waals surface area (Å²) in [5, 5.41) is 23.9. The molecule has 0 bridgehead atoms. The molecular formula is C14H14N4O2S. The molecule has 2 heterocycles. The van der Waals surface area contributed by atoms with Crippen LogP contribution < -0.4 is 4.74 Å². The fourth-order valence-electron chi connectivity index (χ4n) is 2.48. The monoisotopic (exact) mass is 302 g/mol. The standard InChI is InChI=1S/C14H14N4O2S/c1-20-9-5-6-10(11(19)7-9)13-17-18-12(8-3-2-4-8)15-16-14(18)21-13/h5-8,19H,2-4H2,1H3. The third-order valence-electron chi connectivity index (χ3n) is 3.92. The third kappa shape index (κ3) is 1.96. The van der Waals surface area contributed by atoms with Gasteiger partial charge in [0.25, 0.3) is 0 Å². The van der Waals surface area contributed by atoms with Gasteiger partial charge in [0.1, 0.15) is 11.5 Å². The SMILES string of the molecule is COc1ccc(-c2nn3c(C4CCC4)nnc3s2)c(O)c1. The number of phenolic OH excluding ortho intramolecular Hbond substituents is 1. The van der Waals surface area contributed by atoms with Gasteiger partial charge in [-0.05, 0) is 25.0 Å².